The van der Waals surface area contributed by atoms with Crippen molar-refractivity contribution in [3.63, 3.8) is 0 Å². The van der Waals surface area contributed by atoms with E-state index in [0.717, 1.165) is 42.6 Å². The zero-order chi connectivity index (χ0) is 21.5. The molecule has 0 bridgehead atoms. The summed E-state index contributed by atoms with van der Waals surface area (Å²) in [5.74, 6) is 0.166. The molecule has 5 rings (SSSR count). The van der Waals surface area contributed by atoms with Crippen molar-refractivity contribution in [1.82, 2.24) is 19.2 Å². The number of aryl methyl sites for hydroxylation is 1. The fourth-order valence-corrected chi connectivity index (χ4v) is 5.61. The zero-order valence-electron chi connectivity index (χ0n) is 16.9. The van der Waals surface area contributed by atoms with E-state index in [0.29, 0.717) is 45.7 Å². The van der Waals surface area contributed by atoms with Crippen molar-refractivity contribution in [2.75, 3.05) is 31.6 Å². The number of aromatic nitrogens is 3. The Balaban J connectivity index is 1.39. The first kappa shape index (κ1) is 21.3. The van der Waals surface area contributed by atoms with Crippen LogP contribution in [-0.2, 0) is 4.74 Å². The molecular weight excluding hydrogens is 460 g/mol. The predicted octanol–water partition coefficient (Wildman–Crippen LogP) is 5.36. The van der Waals surface area contributed by atoms with Crippen LogP contribution in [0.2, 0.25) is 10.0 Å². The van der Waals surface area contributed by atoms with Crippen LogP contribution in [0.15, 0.2) is 18.3 Å². The van der Waals surface area contributed by atoms with Crippen LogP contribution in [0, 0.1) is 6.92 Å². The van der Waals surface area contributed by atoms with Crippen molar-refractivity contribution in [3.8, 4) is 0 Å². The minimum Gasteiger partial charge on any atom is -0.380 e. The summed E-state index contributed by atoms with van der Waals surface area (Å²) in [5, 5.41) is 5.74. The Hall–Kier alpha value is -1.58. The lowest BCUT2D eigenvalue weighted by atomic mass is 9.86. The summed E-state index contributed by atoms with van der Waals surface area (Å²) in [7, 11) is 0. The number of likely N-dealkylation sites (tertiary alicyclic amines) is 1. The van der Waals surface area contributed by atoms with E-state index in [1.807, 2.05) is 19.1 Å². The SMILES string of the molecule is Cc1nsc(Nc2ncc3cc(Cl)c([C@H]4CCN(C5CCOC5)C[C@@H]4F)cc3n2)c1Cl. The number of piperidine rings is 1. The van der Waals surface area contributed by atoms with Gasteiger partial charge in [-0.1, -0.05) is 23.2 Å². The normalized spacial score (nSPS) is 24.7. The highest BCUT2D eigenvalue weighted by Gasteiger charge is 2.35. The predicted molar refractivity (Wildman–Crippen MR) is 123 cm³/mol. The average molecular weight is 482 g/mol. The zero-order valence-corrected chi connectivity index (χ0v) is 19.3. The van der Waals surface area contributed by atoms with E-state index >= 15 is 4.39 Å². The van der Waals surface area contributed by atoms with Gasteiger partial charge in [0.2, 0.25) is 5.95 Å². The summed E-state index contributed by atoms with van der Waals surface area (Å²) in [6.07, 6.45) is 2.42. The Morgan fingerprint density at radius 2 is 2.16 bits per heavy atom. The van der Waals surface area contributed by atoms with Crippen LogP contribution in [0.5, 0.6) is 0 Å². The van der Waals surface area contributed by atoms with Gasteiger partial charge in [0.05, 0.1) is 22.8 Å². The number of fused-ring (bicyclic) bond motifs is 1. The van der Waals surface area contributed by atoms with E-state index in [4.69, 9.17) is 27.9 Å². The molecule has 1 unspecified atom stereocenters. The summed E-state index contributed by atoms with van der Waals surface area (Å²) >= 11 is 14.1. The molecule has 2 saturated heterocycles. The summed E-state index contributed by atoms with van der Waals surface area (Å²) < 4.78 is 24.9. The van der Waals surface area contributed by atoms with Gasteiger partial charge in [-0.15, -0.1) is 0 Å². The number of nitrogens with one attached hydrogen (secondary N) is 1. The standard InChI is InChI=1S/C21H22Cl2FN5OS/c1-11-19(23)20(31-28-11)27-21-25-8-12-6-16(22)15(7-18(12)26-21)14-2-4-29(9-17(14)24)13-3-5-30-10-13/h6-8,13-14,17H,2-5,9-10H2,1H3,(H,25,26,27)/t13?,14-,17+/m1/s1. The molecule has 164 valence electrons. The van der Waals surface area contributed by atoms with Crippen molar-refractivity contribution in [2.24, 2.45) is 0 Å². The van der Waals surface area contributed by atoms with Crippen LogP contribution in [0.1, 0.15) is 30.0 Å². The highest BCUT2D eigenvalue weighted by Crippen LogP contribution is 2.38. The Labute approximate surface area is 193 Å². The average Bonchev–Trinajstić information content (AvgIpc) is 3.40. The monoisotopic (exact) mass is 481 g/mol. The number of halogens is 3. The molecule has 3 atom stereocenters. The van der Waals surface area contributed by atoms with Crippen LogP contribution < -0.4 is 5.32 Å². The Morgan fingerprint density at radius 1 is 1.29 bits per heavy atom. The maximum Gasteiger partial charge on any atom is 0.228 e. The number of rotatable bonds is 4. The Kier molecular flexibility index (Phi) is 6.00. The van der Waals surface area contributed by atoms with Crippen LogP contribution in [-0.4, -0.2) is 57.8 Å². The van der Waals surface area contributed by atoms with Gasteiger partial charge in [-0.25, -0.2) is 14.4 Å². The highest BCUT2D eigenvalue weighted by molar-refractivity contribution is 7.11. The minimum atomic E-state index is -0.984. The third-order valence-corrected chi connectivity index (χ3v) is 7.86. The van der Waals surface area contributed by atoms with Crippen molar-refractivity contribution in [2.45, 2.75) is 37.9 Å². The molecule has 1 N–H and O–H groups in total. The second-order valence-corrected chi connectivity index (χ2v) is 9.64. The fourth-order valence-electron chi connectivity index (χ4n) is 4.37. The quantitative estimate of drug-likeness (QED) is 0.540. The first-order chi connectivity index (χ1) is 15.0. The number of benzene rings is 1. The van der Waals surface area contributed by atoms with E-state index < -0.39 is 6.17 Å². The number of hydrogen-bond acceptors (Lipinski definition) is 7. The maximum absolute atomic E-state index is 15.2. The molecule has 2 aromatic heterocycles. The van der Waals surface area contributed by atoms with Crippen molar-refractivity contribution in [1.29, 1.82) is 0 Å². The first-order valence-corrected chi connectivity index (χ1v) is 11.8. The highest BCUT2D eigenvalue weighted by atomic mass is 35.5. The largest absolute Gasteiger partial charge is 0.380 e. The van der Waals surface area contributed by atoms with Crippen molar-refractivity contribution >= 4 is 56.6 Å². The lowest BCUT2D eigenvalue weighted by Crippen LogP contribution is -2.46. The second kappa shape index (κ2) is 8.75. The van der Waals surface area contributed by atoms with Gasteiger partial charge in [-0.2, -0.15) is 4.37 Å². The summed E-state index contributed by atoms with van der Waals surface area (Å²) in [4.78, 5) is 11.2. The molecule has 4 heterocycles. The molecule has 6 nitrogen and oxygen atoms in total. The van der Waals surface area contributed by atoms with Gasteiger partial charge in [-0.05, 0) is 55.5 Å². The number of nitrogens with zero attached hydrogens (tertiary/aromatic N) is 4. The molecule has 3 aromatic rings. The third-order valence-electron chi connectivity index (χ3n) is 6.11. The number of ether oxygens (including phenoxy) is 1. The molecule has 0 aliphatic carbocycles. The maximum atomic E-state index is 15.2. The second-order valence-electron chi connectivity index (χ2n) is 8.09. The number of hydrogen-bond donors (Lipinski definition) is 1. The van der Waals surface area contributed by atoms with Gasteiger partial charge in [0.25, 0.3) is 0 Å². The molecule has 0 amide bonds. The lowest BCUT2D eigenvalue weighted by Gasteiger charge is -2.38. The van der Waals surface area contributed by atoms with Gasteiger partial charge in [-0.3, -0.25) is 4.90 Å². The number of anilines is 2. The van der Waals surface area contributed by atoms with Gasteiger partial charge in [0.15, 0.2) is 0 Å². The topological polar surface area (TPSA) is 63.2 Å². The van der Waals surface area contributed by atoms with Crippen LogP contribution in [0.25, 0.3) is 10.9 Å². The van der Waals surface area contributed by atoms with Crippen LogP contribution >= 0.6 is 34.7 Å². The van der Waals surface area contributed by atoms with Gasteiger partial charge >= 0.3 is 0 Å². The minimum absolute atomic E-state index is 0.250. The Morgan fingerprint density at radius 3 is 2.87 bits per heavy atom. The van der Waals surface area contributed by atoms with Gasteiger partial charge in [0.1, 0.15) is 11.2 Å². The molecule has 2 aliphatic heterocycles. The van der Waals surface area contributed by atoms with E-state index in [9.17, 15) is 0 Å². The van der Waals surface area contributed by atoms with Gasteiger partial charge in [0, 0.05) is 41.7 Å². The summed E-state index contributed by atoms with van der Waals surface area (Å²) in [6, 6.07) is 4.05. The number of alkyl halides is 1. The van der Waals surface area contributed by atoms with Crippen LogP contribution in [0.3, 0.4) is 0 Å². The van der Waals surface area contributed by atoms with E-state index in [1.165, 1.54) is 11.5 Å². The molecule has 0 spiro atoms. The van der Waals surface area contributed by atoms with E-state index in [1.54, 1.807) is 6.20 Å². The smallest absolute Gasteiger partial charge is 0.228 e. The third kappa shape index (κ3) is 4.24. The molecule has 10 heteroatoms. The van der Waals surface area contributed by atoms with Gasteiger partial charge < -0.3 is 10.1 Å². The summed E-state index contributed by atoms with van der Waals surface area (Å²) in [5.41, 5.74) is 2.28. The fraction of sp³-hybridized carbons (Fsp3) is 0.476. The molecule has 2 fully saturated rings. The molecule has 1 aromatic carbocycles. The molecular formula is C21H22Cl2FN5OS. The summed E-state index contributed by atoms with van der Waals surface area (Å²) in [6.45, 7) is 4.56. The van der Waals surface area contributed by atoms with E-state index in [2.05, 4.69) is 24.6 Å². The van der Waals surface area contributed by atoms with E-state index in [-0.39, 0.29) is 5.92 Å². The molecule has 2 aliphatic rings. The molecule has 0 saturated carbocycles. The van der Waals surface area contributed by atoms with Crippen LogP contribution in [0.4, 0.5) is 15.3 Å². The van der Waals surface area contributed by atoms with Crippen molar-refractivity contribution in [3.05, 3.63) is 39.6 Å². The Bertz CT molecular complexity index is 1110. The molecule has 0 radical (unpaired) electrons. The first-order valence-electron chi connectivity index (χ1n) is 10.3. The lowest BCUT2D eigenvalue weighted by molar-refractivity contribution is 0.0729. The van der Waals surface area contributed by atoms with Crippen molar-refractivity contribution < 1.29 is 9.13 Å². The molecule has 31 heavy (non-hydrogen) atoms.